The van der Waals surface area contributed by atoms with Gasteiger partial charge in [-0.2, -0.15) is 4.57 Å². The topological polar surface area (TPSA) is 106 Å². The molecule has 0 saturated carbocycles. The Labute approximate surface area is 302 Å². The molecule has 0 unspecified atom stereocenters. The van der Waals surface area contributed by atoms with Crippen LogP contribution in [0.4, 0.5) is 0 Å². The molecule has 1 saturated heterocycles. The summed E-state index contributed by atoms with van der Waals surface area (Å²) >= 11 is 1.71. The van der Waals surface area contributed by atoms with Crippen LogP contribution in [-0.4, -0.2) is 44.5 Å². The van der Waals surface area contributed by atoms with E-state index in [4.69, 9.17) is 14.2 Å². The predicted molar refractivity (Wildman–Crippen MR) is 196 cm³/mol. The highest BCUT2D eigenvalue weighted by molar-refractivity contribution is 7.85. The van der Waals surface area contributed by atoms with Crippen molar-refractivity contribution in [1.82, 2.24) is 0 Å². The molecule has 0 aliphatic carbocycles. The number of carbonyl (C=O) groups is 1. The summed E-state index contributed by atoms with van der Waals surface area (Å²) in [5, 5.41) is 2.08. The van der Waals surface area contributed by atoms with Gasteiger partial charge in [0.25, 0.3) is 0 Å². The van der Waals surface area contributed by atoms with Gasteiger partial charge in [-0.05, 0) is 44.7 Å². The van der Waals surface area contributed by atoms with Gasteiger partial charge in [0.15, 0.2) is 12.5 Å². The number of ether oxygens (including phenoxy) is 3. The third-order valence-electron chi connectivity index (χ3n) is 8.92. The molecule has 0 bridgehead atoms. The molecule has 0 amide bonds. The van der Waals surface area contributed by atoms with Crippen LogP contribution < -0.4 is 4.57 Å². The largest absolute Gasteiger partial charge is 0.744 e. The third kappa shape index (κ3) is 23.3. The van der Waals surface area contributed by atoms with Gasteiger partial charge in [-0.15, -0.1) is 0 Å². The zero-order chi connectivity index (χ0) is 35.4. The Balaban J connectivity index is 0.000000639. The van der Waals surface area contributed by atoms with Crippen molar-refractivity contribution in [2.75, 3.05) is 13.2 Å². The monoisotopic (exact) mass is 723 g/mol. The highest BCUT2D eigenvalue weighted by Gasteiger charge is 2.26. The Morgan fingerprint density at radius 3 is 1.92 bits per heavy atom. The van der Waals surface area contributed by atoms with E-state index < -0.39 is 10.1 Å². The average Bonchev–Trinajstić information content (AvgIpc) is 3.78. The standard InChI is InChI=1S/C32H58NO4S.C7H8O3S/c1-2-3-4-5-6-7-8-9-10-11-12-13-14-15-16-17-20-23-32-36-28-30(37-32)27-35-31(34)22-19-18-21-24-33-25-26-38-29-33;1-6-2-4-7(5-3-6)11(8,9)10/h25-26,29-30,32H,2-24,27-28H2,1H3;2-5H,1H3,(H,8,9,10)/q+1;/p-1/t30-,32-;/m0./s1. The van der Waals surface area contributed by atoms with Crippen LogP contribution in [0.2, 0.25) is 0 Å². The molecule has 10 heteroatoms. The zero-order valence-electron chi connectivity index (χ0n) is 30.5. The fourth-order valence-electron chi connectivity index (χ4n) is 5.87. The summed E-state index contributed by atoms with van der Waals surface area (Å²) in [6, 6.07) is 5.78. The van der Waals surface area contributed by atoms with Crippen molar-refractivity contribution in [3.05, 3.63) is 46.9 Å². The number of unbranched alkanes of at least 4 members (excludes halogenated alkanes) is 18. The lowest BCUT2D eigenvalue weighted by Crippen LogP contribution is -2.29. The Morgan fingerprint density at radius 1 is 0.837 bits per heavy atom. The van der Waals surface area contributed by atoms with Crippen molar-refractivity contribution in [3.8, 4) is 0 Å². The SMILES string of the molecule is CCCCCCCCCCCCCCCCCCC[C@H]1OC[C@H](COC(=O)CCCCC[n+]2ccsc2)O1.Cc1ccc(S(=O)(=O)[O-])cc1. The average molecular weight is 724 g/mol. The highest BCUT2D eigenvalue weighted by Crippen LogP contribution is 2.19. The fourth-order valence-corrected chi connectivity index (χ4v) is 6.97. The first-order chi connectivity index (χ1) is 23.8. The lowest BCUT2D eigenvalue weighted by Gasteiger charge is -2.12. The third-order valence-corrected chi connectivity index (χ3v) is 10.4. The van der Waals surface area contributed by atoms with Gasteiger partial charge >= 0.3 is 5.97 Å². The number of aromatic nitrogens is 1. The molecular weight excluding hydrogens is 659 g/mol. The quantitative estimate of drug-likeness (QED) is 0.0391. The summed E-state index contributed by atoms with van der Waals surface area (Å²) in [5.41, 5.74) is 3.05. The Kier molecular flexibility index (Phi) is 24.6. The molecule has 1 fully saturated rings. The minimum absolute atomic E-state index is 0.107. The minimum Gasteiger partial charge on any atom is -0.744 e. The number of thiazole rings is 1. The smallest absolute Gasteiger partial charge is 0.305 e. The number of aryl methyl sites for hydroxylation is 2. The lowest BCUT2D eigenvalue weighted by atomic mass is 10.0. The second-order valence-electron chi connectivity index (χ2n) is 13.5. The van der Waals surface area contributed by atoms with Crippen LogP contribution in [0.15, 0.2) is 46.2 Å². The zero-order valence-corrected chi connectivity index (χ0v) is 32.1. The maximum atomic E-state index is 12.0. The second-order valence-corrected chi connectivity index (χ2v) is 15.6. The van der Waals surface area contributed by atoms with Crippen molar-refractivity contribution in [2.45, 2.75) is 179 Å². The molecule has 1 aromatic carbocycles. The van der Waals surface area contributed by atoms with E-state index >= 15 is 0 Å². The molecule has 0 spiro atoms. The number of rotatable bonds is 27. The van der Waals surface area contributed by atoms with Gasteiger partial charge in [-0.25, -0.2) is 8.42 Å². The summed E-state index contributed by atoms with van der Waals surface area (Å²) in [5.74, 6) is -0.117. The summed E-state index contributed by atoms with van der Waals surface area (Å²) < 4.78 is 50.5. The van der Waals surface area contributed by atoms with E-state index in [1.807, 2.05) is 6.92 Å². The Bertz CT molecular complexity index is 1170. The van der Waals surface area contributed by atoms with Crippen LogP contribution in [0.3, 0.4) is 0 Å². The van der Waals surface area contributed by atoms with Crippen LogP contribution in [-0.2, 0) is 35.7 Å². The summed E-state index contributed by atoms with van der Waals surface area (Å²) in [6.45, 7) is 5.99. The summed E-state index contributed by atoms with van der Waals surface area (Å²) in [4.78, 5) is 11.8. The maximum absolute atomic E-state index is 12.0. The van der Waals surface area contributed by atoms with E-state index in [0.29, 0.717) is 19.6 Å². The molecule has 1 aliphatic rings. The molecule has 1 aliphatic heterocycles. The van der Waals surface area contributed by atoms with Crippen LogP contribution in [0.25, 0.3) is 0 Å². The first kappa shape index (κ1) is 43.3. The Morgan fingerprint density at radius 2 is 1.39 bits per heavy atom. The summed E-state index contributed by atoms with van der Waals surface area (Å²) in [7, 11) is -4.27. The molecule has 8 nitrogen and oxygen atoms in total. The predicted octanol–water partition coefficient (Wildman–Crippen LogP) is 9.82. The number of hydrogen-bond donors (Lipinski definition) is 0. The molecule has 3 rings (SSSR count). The van der Waals surface area contributed by atoms with Crippen molar-refractivity contribution < 1.29 is 36.5 Å². The first-order valence-electron chi connectivity index (χ1n) is 19.1. The van der Waals surface area contributed by atoms with Gasteiger partial charge in [0.2, 0.25) is 5.51 Å². The van der Waals surface area contributed by atoms with E-state index in [2.05, 4.69) is 28.6 Å². The van der Waals surface area contributed by atoms with Gasteiger partial charge < -0.3 is 18.8 Å². The van der Waals surface area contributed by atoms with Gasteiger partial charge in [-0.3, -0.25) is 4.79 Å². The number of benzene rings is 1. The molecular formula is C39H65NO7S2. The molecule has 0 radical (unpaired) electrons. The molecule has 2 aromatic rings. The van der Waals surface area contributed by atoms with E-state index in [-0.39, 0.29) is 23.3 Å². The van der Waals surface area contributed by atoms with Crippen LogP contribution in [0.1, 0.15) is 154 Å². The molecule has 49 heavy (non-hydrogen) atoms. The van der Waals surface area contributed by atoms with Crippen molar-refractivity contribution in [3.63, 3.8) is 0 Å². The van der Waals surface area contributed by atoms with E-state index in [1.165, 1.54) is 115 Å². The van der Waals surface area contributed by atoms with Crippen LogP contribution in [0.5, 0.6) is 0 Å². The van der Waals surface area contributed by atoms with Gasteiger partial charge in [-0.1, -0.05) is 139 Å². The van der Waals surface area contributed by atoms with E-state index in [9.17, 15) is 17.8 Å². The Hall–Kier alpha value is -1.85. The van der Waals surface area contributed by atoms with Crippen molar-refractivity contribution in [2.24, 2.45) is 0 Å². The van der Waals surface area contributed by atoms with E-state index in [1.54, 1.807) is 23.5 Å². The molecule has 0 N–H and O–H groups in total. The normalized spacial score (nSPS) is 16.0. The van der Waals surface area contributed by atoms with Crippen LogP contribution in [0, 0.1) is 6.92 Å². The maximum Gasteiger partial charge on any atom is 0.305 e. The van der Waals surface area contributed by atoms with Gasteiger partial charge in [0.05, 0.1) is 16.9 Å². The number of carbonyl (C=O) groups excluding carboxylic acids is 1. The fraction of sp³-hybridized carbons (Fsp3) is 0.744. The molecule has 2 atom stereocenters. The number of hydrogen-bond acceptors (Lipinski definition) is 8. The first-order valence-corrected chi connectivity index (χ1v) is 21.5. The molecule has 2 heterocycles. The minimum atomic E-state index is -4.27. The molecule has 280 valence electrons. The number of esters is 1. The van der Waals surface area contributed by atoms with Gasteiger partial charge in [0, 0.05) is 12.8 Å². The van der Waals surface area contributed by atoms with Crippen molar-refractivity contribution in [1.29, 1.82) is 0 Å². The number of nitrogens with zero attached hydrogens (tertiary/aromatic N) is 1. The molecule has 1 aromatic heterocycles. The lowest BCUT2D eigenvalue weighted by molar-refractivity contribution is -0.692. The van der Waals surface area contributed by atoms with Crippen LogP contribution >= 0.6 is 11.3 Å². The van der Waals surface area contributed by atoms with E-state index in [0.717, 1.165) is 44.2 Å². The highest BCUT2D eigenvalue weighted by atomic mass is 32.2. The second kappa shape index (κ2) is 27.8. The van der Waals surface area contributed by atoms with Crippen molar-refractivity contribution >= 4 is 27.4 Å². The van der Waals surface area contributed by atoms with Gasteiger partial charge in [0.1, 0.15) is 29.4 Å². The summed E-state index contributed by atoms with van der Waals surface area (Å²) in [6.07, 6.45) is 29.9.